The topological polar surface area (TPSA) is 72.9 Å². The Bertz CT molecular complexity index is 657. The number of nitrogens with zero attached hydrogens (tertiary/aromatic N) is 1. The fourth-order valence-corrected chi connectivity index (χ4v) is 4.76. The van der Waals surface area contributed by atoms with Gasteiger partial charge in [0.05, 0.1) is 37.4 Å². The number of fused-ring (bicyclic) bond motifs is 1. The summed E-state index contributed by atoms with van der Waals surface area (Å²) >= 11 is 0. The van der Waals surface area contributed by atoms with Gasteiger partial charge >= 0.3 is 0 Å². The van der Waals surface area contributed by atoms with Gasteiger partial charge < -0.3 is 14.4 Å². The summed E-state index contributed by atoms with van der Waals surface area (Å²) in [5, 5.41) is 0. The molecule has 0 N–H and O–H groups in total. The van der Waals surface area contributed by atoms with Gasteiger partial charge in [-0.05, 0) is 18.2 Å². The molecule has 0 radical (unpaired) electrons. The van der Waals surface area contributed by atoms with Gasteiger partial charge in [-0.25, -0.2) is 8.42 Å². The molecule has 0 spiro atoms. The number of ether oxygens (including phenoxy) is 2. The van der Waals surface area contributed by atoms with Crippen molar-refractivity contribution in [3.05, 3.63) is 29.8 Å². The maximum Gasteiger partial charge on any atom is 0.254 e. The zero-order valence-corrected chi connectivity index (χ0v) is 12.5. The zero-order valence-electron chi connectivity index (χ0n) is 11.7. The van der Waals surface area contributed by atoms with E-state index >= 15 is 0 Å². The smallest absolute Gasteiger partial charge is 0.254 e. The van der Waals surface area contributed by atoms with Crippen LogP contribution in [0.15, 0.2) is 24.3 Å². The van der Waals surface area contributed by atoms with Crippen molar-refractivity contribution >= 4 is 15.7 Å². The highest BCUT2D eigenvalue weighted by molar-refractivity contribution is 7.91. The van der Waals surface area contributed by atoms with Crippen LogP contribution in [0.1, 0.15) is 10.4 Å². The fraction of sp³-hybridized carbons (Fsp3) is 0.500. The highest BCUT2D eigenvalue weighted by Crippen LogP contribution is 2.26. The minimum atomic E-state index is -3.13. The van der Waals surface area contributed by atoms with Crippen molar-refractivity contribution in [2.45, 2.75) is 12.1 Å². The minimum absolute atomic E-state index is 0.000439. The molecule has 2 atom stereocenters. The van der Waals surface area contributed by atoms with Crippen molar-refractivity contribution in [2.75, 3.05) is 31.8 Å². The van der Waals surface area contributed by atoms with Gasteiger partial charge in [-0.3, -0.25) is 4.79 Å². The largest absolute Gasteiger partial charge is 0.497 e. The molecule has 2 unspecified atom stereocenters. The first-order valence-corrected chi connectivity index (χ1v) is 8.59. The van der Waals surface area contributed by atoms with Crippen LogP contribution in [0.4, 0.5) is 0 Å². The summed E-state index contributed by atoms with van der Waals surface area (Å²) in [5.74, 6) is 0.404. The van der Waals surface area contributed by atoms with Gasteiger partial charge in [-0.2, -0.15) is 0 Å². The Kier molecular flexibility index (Phi) is 3.62. The number of benzene rings is 1. The van der Waals surface area contributed by atoms with Gasteiger partial charge in [0.2, 0.25) is 0 Å². The number of sulfone groups is 1. The first-order valence-electron chi connectivity index (χ1n) is 6.77. The van der Waals surface area contributed by atoms with Gasteiger partial charge in [-0.1, -0.05) is 6.07 Å². The monoisotopic (exact) mass is 311 g/mol. The minimum Gasteiger partial charge on any atom is -0.497 e. The van der Waals surface area contributed by atoms with Crippen LogP contribution in [0, 0.1) is 0 Å². The van der Waals surface area contributed by atoms with E-state index in [1.165, 1.54) is 7.11 Å². The molecule has 2 aliphatic heterocycles. The van der Waals surface area contributed by atoms with Crippen LogP contribution >= 0.6 is 0 Å². The van der Waals surface area contributed by atoms with E-state index in [4.69, 9.17) is 9.47 Å². The molecule has 0 aromatic heterocycles. The van der Waals surface area contributed by atoms with Crippen LogP contribution in [0.2, 0.25) is 0 Å². The molecule has 2 aliphatic rings. The van der Waals surface area contributed by atoms with Crippen molar-refractivity contribution in [3.8, 4) is 5.75 Å². The van der Waals surface area contributed by atoms with E-state index in [-0.39, 0.29) is 23.5 Å². The lowest BCUT2D eigenvalue weighted by Gasteiger charge is -2.36. The molecule has 1 amide bonds. The van der Waals surface area contributed by atoms with Gasteiger partial charge in [0, 0.05) is 12.1 Å². The van der Waals surface area contributed by atoms with Crippen LogP contribution in [0.25, 0.3) is 0 Å². The van der Waals surface area contributed by atoms with Crippen LogP contribution in [0.3, 0.4) is 0 Å². The van der Waals surface area contributed by atoms with E-state index in [1.54, 1.807) is 29.2 Å². The molecule has 0 aliphatic carbocycles. The van der Waals surface area contributed by atoms with Crippen molar-refractivity contribution < 1.29 is 22.7 Å². The third-order valence-electron chi connectivity index (χ3n) is 3.91. The lowest BCUT2D eigenvalue weighted by atomic mass is 10.1. The van der Waals surface area contributed by atoms with E-state index in [0.717, 1.165) is 0 Å². The quantitative estimate of drug-likeness (QED) is 0.787. The van der Waals surface area contributed by atoms with Crippen molar-refractivity contribution in [1.82, 2.24) is 4.90 Å². The summed E-state index contributed by atoms with van der Waals surface area (Å²) in [4.78, 5) is 14.3. The normalized spacial score (nSPS) is 27.2. The maximum absolute atomic E-state index is 12.6. The average Bonchev–Trinajstić information content (AvgIpc) is 2.80. The number of carbonyl (C=O) groups is 1. The summed E-state index contributed by atoms with van der Waals surface area (Å²) in [6.07, 6.45) is -0.404. The van der Waals surface area contributed by atoms with Crippen molar-refractivity contribution in [3.63, 3.8) is 0 Å². The number of rotatable bonds is 2. The molecule has 7 heteroatoms. The molecule has 6 nitrogen and oxygen atoms in total. The first kappa shape index (κ1) is 14.3. The maximum atomic E-state index is 12.6. The Morgan fingerprint density at radius 1 is 1.38 bits per heavy atom. The van der Waals surface area contributed by atoms with Gasteiger partial charge in [0.15, 0.2) is 9.84 Å². The number of methoxy groups -OCH3 is 1. The molecular formula is C14H17NO5S. The number of morpholine rings is 1. The summed E-state index contributed by atoms with van der Waals surface area (Å²) < 4.78 is 34.1. The summed E-state index contributed by atoms with van der Waals surface area (Å²) in [6.45, 7) is 0.777. The lowest BCUT2D eigenvalue weighted by Crippen LogP contribution is -2.53. The highest BCUT2D eigenvalue weighted by atomic mass is 32.2. The Morgan fingerprint density at radius 2 is 2.19 bits per heavy atom. The lowest BCUT2D eigenvalue weighted by molar-refractivity contribution is -0.0361. The van der Waals surface area contributed by atoms with Gasteiger partial charge in [0.1, 0.15) is 5.75 Å². The van der Waals surface area contributed by atoms with Gasteiger partial charge in [-0.15, -0.1) is 0 Å². The molecule has 1 aromatic rings. The predicted octanol–water partition coefficient (Wildman–Crippen LogP) is 0.333. The Morgan fingerprint density at radius 3 is 2.95 bits per heavy atom. The first-order chi connectivity index (χ1) is 10.00. The number of hydrogen-bond donors (Lipinski definition) is 0. The Labute approximate surface area is 123 Å². The second kappa shape index (κ2) is 5.31. The number of carbonyl (C=O) groups excluding carboxylic acids is 1. The van der Waals surface area contributed by atoms with E-state index in [9.17, 15) is 13.2 Å². The SMILES string of the molecule is COc1cccc(C(=O)N2CCOC3CS(=O)(=O)CC32)c1. The number of hydrogen-bond acceptors (Lipinski definition) is 5. The molecule has 3 rings (SSSR count). The summed E-state index contributed by atoms with van der Waals surface area (Å²) in [7, 11) is -1.59. The van der Waals surface area contributed by atoms with Crippen molar-refractivity contribution in [2.24, 2.45) is 0 Å². The fourth-order valence-electron chi connectivity index (χ4n) is 2.89. The molecule has 0 saturated carbocycles. The molecular weight excluding hydrogens is 294 g/mol. The van der Waals surface area contributed by atoms with E-state index < -0.39 is 15.9 Å². The molecule has 2 fully saturated rings. The third-order valence-corrected chi connectivity index (χ3v) is 5.60. The molecule has 2 heterocycles. The third kappa shape index (κ3) is 2.75. The molecule has 1 aromatic carbocycles. The zero-order chi connectivity index (χ0) is 15.0. The Hall–Kier alpha value is -1.60. The predicted molar refractivity (Wildman–Crippen MR) is 76.2 cm³/mol. The highest BCUT2D eigenvalue weighted by Gasteiger charge is 2.45. The van der Waals surface area contributed by atoms with Crippen LogP contribution in [-0.4, -0.2) is 63.1 Å². The average molecular weight is 311 g/mol. The van der Waals surface area contributed by atoms with Crippen LogP contribution in [-0.2, 0) is 14.6 Å². The van der Waals surface area contributed by atoms with E-state index in [0.29, 0.717) is 24.5 Å². The van der Waals surface area contributed by atoms with E-state index in [1.807, 2.05) is 0 Å². The molecule has 2 saturated heterocycles. The van der Waals surface area contributed by atoms with Crippen LogP contribution < -0.4 is 4.74 Å². The molecule has 21 heavy (non-hydrogen) atoms. The van der Waals surface area contributed by atoms with Gasteiger partial charge in [0.25, 0.3) is 5.91 Å². The number of amides is 1. The Balaban J connectivity index is 1.86. The van der Waals surface area contributed by atoms with E-state index in [2.05, 4.69) is 0 Å². The van der Waals surface area contributed by atoms with Crippen LogP contribution in [0.5, 0.6) is 5.75 Å². The second-order valence-electron chi connectivity index (χ2n) is 5.28. The molecule has 114 valence electrons. The molecule has 0 bridgehead atoms. The van der Waals surface area contributed by atoms with Crippen molar-refractivity contribution in [1.29, 1.82) is 0 Å². The summed E-state index contributed by atoms with van der Waals surface area (Å²) in [6, 6.07) is 6.49. The standard InChI is InChI=1S/C14H17NO5S/c1-19-11-4-2-3-10(7-11)14(16)15-5-6-20-13-9-21(17,18)8-12(13)15/h2-4,7,12-13H,5-6,8-9H2,1H3. The summed E-state index contributed by atoms with van der Waals surface area (Å²) in [5.41, 5.74) is 0.499. The second-order valence-corrected chi connectivity index (χ2v) is 7.44.